The molecule has 0 aliphatic carbocycles. The number of amides is 1. The third-order valence-electron chi connectivity index (χ3n) is 2.68. The molecule has 18 heavy (non-hydrogen) atoms. The smallest absolute Gasteiger partial charge is 0.266 e. The summed E-state index contributed by atoms with van der Waals surface area (Å²) in [6.07, 6.45) is 0. The molecule has 0 aromatic heterocycles. The van der Waals surface area contributed by atoms with Crippen LogP contribution in [0.15, 0.2) is 27.6 Å². The van der Waals surface area contributed by atoms with Gasteiger partial charge >= 0.3 is 0 Å². The standard InChI is InChI=1S/C12H10BrNO2S2/c1-6(7-3-4-9(15)8(13)5-7)10-11(16)14(2)12(17)18-10/h3-5,15H,1-2H3. The van der Waals surface area contributed by atoms with Crippen molar-refractivity contribution in [2.45, 2.75) is 6.92 Å². The molecule has 0 saturated carbocycles. The summed E-state index contributed by atoms with van der Waals surface area (Å²) < 4.78 is 1.17. The highest BCUT2D eigenvalue weighted by Crippen LogP contribution is 2.37. The fraction of sp³-hybridized carbons (Fsp3) is 0.167. The van der Waals surface area contributed by atoms with Gasteiger partial charge in [-0.25, -0.2) is 0 Å². The number of carbonyl (C=O) groups excluding carboxylic acids is 1. The number of aromatic hydroxyl groups is 1. The molecule has 1 aromatic rings. The minimum absolute atomic E-state index is 0.0771. The number of hydrogen-bond acceptors (Lipinski definition) is 4. The Bertz CT molecular complexity index is 583. The van der Waals surface area contributed by atoms with Crippen LogP contribution in [0.1, 0.15) is 12.5 Å². The molecule has 1 aliphatic rings. The third-order valence-corrected chi connectivity index (χ3v) is 4.98. The summed E-state index contributed by atoms with van der Waals surface area (Å²) in [6, 6.07) is 5.15. The molecular weight excluding hydrogens is 334 g/mol. The van der Waals surface area contributed by atoms with Crippen molar-refractivity contribution in [3.8, 4) is 5.75 Å². The SMILES string of the molecule is CC(=C1SC(=S)N(C)C1=O)c1ccc(O)c(Br)c1. The Balaban J connectivity index is 2.47. The zero-order valence-corrected chi connectivity index (χ0v) is 12.9. The van der Waals surface area contributed by atoms with Gasteiger partial charge in [-0.1, -0.05) is 30.0 Å². The Morgan fingerprint density at radius 1 is 1.50 bits per heavy atom. The van der Waals surface area contributed by atoms with Crippen LogP contribution in [0.3, 0.4) is 0 Å². The van der Waals surface area contributed by atoms with E-state index >= 15 is 0 Å². The van der Waals surface area contributed by atoms with Gasteiger partial charge in [-0.15, -0.1) is 0 Å². The van der Waals surface area contributed by atoms with Crippen molar-refractivity contribution in [3.05, 3.63) is 33.1 Å². The molecule has 0 unspecified atom stereocenters. The predicted octanol–water partition coefficient (Wildman–Crippen LogP) is 3.38. The predicted molar refractivity (Wildman–Crippen MR) is 81.4 cm³/mol. The second-order valence-electron chi connectivity index (χ2n) is 3.85. The quantitative estimate of drug-likeness (QED) is 0.626. The molecule has 2 rings (SSSR count). The summed E-state index contributed by atoms with van der Waals surface area (Å²) in [6.45, 7) is 1.88. The van der Waals surface area contributed by atoms with Crippen LogP contribution in [0.2, 0.25) is 0 Å². The maximum Gasteiger partial charge on any atom is 0.266 e. The second-order valence-corrected chi connectivity index (χ2v) is 6.35. The van der Waals surface area contributed by atoms with Crippen molar-refractivity contribution in [3.63, 3.8) is 0 Å². The lowest BCUT2D eigenvalue weighted by Crippen LogP contribution is -2.22. The molecule has 0 spiro atoms. The first-order valence-electron chi connectivity index (χ1n) is 5.11. The monoisotopic (exact) mass is 343 g/mol. The zero-order valence-electron chi connectivity index (χ0n) is 9.73. The first-order chi connectivity index (χ1) is 8.41. The number of thiocarbonyl (C=S) groups is 1. The lowest BCUT2D eigenvalue weighted by atomic mass is 10.1. The van der Waals surface area contributed by atoms with Crippen LogP contribution in [-0.4, -0.2) is 27.3 Å². The fourth-order valence-electron chi connectivity index (χ4n) is 1.54. The van der Waals surface area contributed by atoms with E-state index in [-0.39, 0.29) is 11.7 Å². The first kappa shape index (κ1) is 13.6. The number of rotatable bonds is 1. The van der Waals surface area contributed by atoms with Gasteiger partial charge < -0.3 is 5.11 Å². The number of phenols is 1. The number of likely N-dealkylation sites (N-methyl/N-ethyl adjacent to an activating group) is 1. The fourth-order valence-corrected chi connectivity index (χ4v) is 3.14. The van der Waals surface area contributed by atoms with Crippen molar-refractivity contribution >= 4 is 55.7 Å². The molecule has 1 aromatic carbocycles. The van der Waals surface area contributed by atoms with Gasteiger partial charge in [0.2, 0.25) is 0 Å². The van der Waals surface area contributed by atoms with Gasteiger partial charge in [0.15, 0.2) is 0 Å². The molecule has 0 radical (unpaired) electrons. The van der Waals surface area contributed by atoms with E-state index in [0.29, 0.717) is 13.7 Å². The number of phenolic OH excluding ortho intramolecular Hbond substituents is 1. The van der Waals surface area contributed by atoms with Gasteiger partial charge in [0.25, 0.3) is 5.91 Å². The van der Waals surface area contributed by atoms with Gasteiger partial charge in [0, 0.05) is 7.05 Å². The van der Waals surface area contributed by atoms with E-state index in [0.717, 1.165) is 11.1 Å². The van der Waals surface area contributed by atoms with Crippen LogP contribution in [0, 0.1) is 0 Å². The molecule has 1 N–H and O–H groups in total. The highest BCUT2D eigenvalue weighted by Gasteiger charge is 2.30. The topological polar surface area (TPSA) is 40.5 Å². The zero-order chi connectivity index (χ0) is 13.4. The molecular formula is C12H10BrNO2S2. The number of halogens is 1. The van der Waals surface area contributed by atoms with E-state index in [1.54, 1.807) is 25.2 Å². The molecule has 3 nitrogen and oxygen atoms in total. The van der Waals surface area contributed by atoms with Gasteiger partial charge in [-0.3, -0.25) is 9.69 Å². The Kier molecular flexibility index (Phi) is 3.79. The highest BCUT2D eigenvalue weighted by atomic mass is 79.9. The highest BCUT2D eigenvalue weighted by molar-refractivity contribution is 9.10. The Morgan fingerprint density at radius 3 is 2.67 bits per heavy atom. The summed E-state index contributed by atoms with van der Waals surface area (Å²) in [5.74, 6) is 0.0984. The van der Waals surface area contributed by atoms with E-state index in [1.165, 1.54) is 16.7 Å². The maximum absolute atomic E-state index is 12.0. The maximum atomic E-state index is 12.0. The normalized spacial score (nSPS) is 18.5. The van der Waals surface area contributed by atoms with Crippen molar-refractivity contribution < 1.29 is 9.90 Å². The lowest BCUT2D eigenvalue weighted by molar-refractivity contribution is -0.121. The lowest BCUT2D eigenvalue weighted by Gasteiger charge is -2.07. The van der Waals surface area contributed by atoms with Crippen LogP contribution in [0.25, 0.3) is 5.57 Å². The number of benzene rings is 1. The van der Waals surface area contributed by atoms with E-state index in [2.05, 4.69) is 15.9 Å². The van der Waals surface area contributed by atoms with Crippen LogP contribution >= 0.6 is 39.9 Å². The van der Waals surface area contributed by atoms with Crippen LogP contribution < -0.4 is 0 Å². The molecule has 6 heteroatoms. The van der Waals surface area contributed by atoms with Crippen molar-refractivity contribution in [2.24, 2.45) is 0 Å². The number of thioether (sulfide) groups is 1. The molecule has 94 valence electrons. The van der Waals surface area contributed by atoms with Crippen LogP contribution in [0.4, 0.5) is 0 Å². The molecule has 1 fully saturated rings. The molecule has 1 saturated heterocycles. The minimum Gasteiger partial charge on any atom is -0.507 e. The number of nitrogens with zero attached hydrogens (tertiary/aromatic N) is 1. The Hall–Kier alpha value is -0.850. The van der Waals surface area contributed by atoms with Crippen LogP contribution in [0.5, 0.6) is 5.75 Å². The number of hydrogen-bond donors (Lipinski definition) is 1. The van der Waals surface area contributed by atoms with E-state index < -0.39 is 0 Å². The summed E-state index contributed by atoms with van der Waals surface area (Å²) in [7, 11) is 1.67. The van der Waals surface area contributed by atoms with Crippen LogP contribution in [-0.2, 0) is 4.79 Å². The Morgan fingerprint density at radius 2 is 2.17 bits per heavy atom. The number of carbonyl (C=O) groups is 1. The van der Waals surface area contributed by atoms with E-state index in [9.17, 15) is 9.90 Å². The van der Waals surface area contributed by atoms with E-state index in [1.807, 2.05) is 6.92 Å². The number of allylic oxidation sites excluding steroid dienone is 1. The van der Waals surface area contributed by atoms with Gasteiger partial charge in [-0.2, -0.15) is 0 Å². The molecule has 1 aliphatic heterocycles. The van der Waals surface area contributed by atoms with Gasteiger partial charge in [-0.05, 0) is 46.1 Å². The van der Waals surface area contributed by atoms with Crippen molar-refractivity contribution in [2.75, 3.05) is 7.05 Å². The third kappa shape index (κ3) is 2.32. The summed E-state index contributed by atoms with van der Waals surface area (Å²) in [4.78, 5) is 14.1. The molecule has 1 heterocycles. The van der Waals surface area contributed by atoms with Gasteiger partial charge in [0.1, 0.15) is 10.1 Å². The summed E-state index contributed by atoms with van der Waals surface area (Å²) in [5, 5.41) is 9.46. The summed E-state index contributed by atoms with van der Waals surface area (Å²) in [5.41, 5.74) is 1.74. The van der Waals surface area contributed by atoms with E-state index in [4.69, 9.17) is 12.2 Å². The Labute approximate surface area is 123 Å². The summed E-state index contributed by atoms with van der Waals surface area (Å²) >= 11 is 9.66. The molecule has 0 atom stereocenters. The second kappa shape index (κ2) is 5.03. The largest absolute Gasteiger partial charge is 0.507 e. The average molecular weight is 344 g/mol. The molecule has 1 amide bonds. The average Bonchev–Trinajstić information content (AvgIpc) is 2.60. The van der Waals surface area contributed by atoms with Gasteiger partial charge in [0.05, 0.1) is 9.38 Å². The minimum atomic E-state index is -0.0771. The first-order valence-corrected chi connectivity index (χ1v) is 7.13. The van der Waals surface area contributed by atoms with Crippen molar-refractivity contribution in [1.82, 2.24) is 4.90 Å². The molecule has 0 bridgehead atoms. The van der Waals surface area contributed by atoms with Crippen molar-refractivity contribution in [1.29, 1.82) is 0 Å².